The highest BCUT2D eigenvalue weighted by atomic mass is 28.3. The zero-order valence-corrected chi connectivity index (χ0v) is 28.9. The van der Waals surface area contributed by atoms with Gasteiger partial charge in [0.2, 0.25) is 5.88 Å². The van der Waals surface area contributed by atoms with Gasteiger partial charge in [-0.2, -0.15) is 0 Å². The molecular formula is C34H43N5O6Si. The fourth-order valence-electron chi connectivity index (χ4n) is 4.87. The predicted octanol–water partition coefficient (Wildman–Crippen LogP) is 7.52. The Morgan fingerprint density at radius 1 is 1.04 bits per heavy atom. The SMILES string of the molecule is COC(=O)c1nccc2c(-c3cnc(N(C(=O)OC(C)(C)C)c4ccc(OC5CC5)nc4)cc3C)cn(COCC[Si](C)(C)C)c12. The molecule has 4 aromatic rings. The summed E-state index contributed by atoms with van der Waals surface area (Å²) in [5, 5.41) is 0.807. The van der Waals surface area contributed by atoms with Crippen LogP contribution >= 0.6 is 0 Å². The average molecular weight is 646 g/mol. The topological polar surface area (TPSA) is 118 Å². The standard InChI is InChI=1S/C34H43N5O6Si/c1-22-17-28(39(33(41)45-34(2,3)4)23-9-12-29(37-18-23)44-24-10-11-24)36-19-26(22)27-20-38(21-43-15-16-46(6,7)8)31-25(27)13-14-35-30(31)32(40)42-5/h9,12-14,17-20,24H,10-11,15-16,21H2,1-8H3. The Balaban J connectivity index is 1.53. The molecule has 0 saturated heterocycles. The molecule has 1 saturated carbocycles. The number of aromatic nitrogens is 4. The molecule has 0 aliphatic heterocycles. The predicted molar refractivity (Wildman–Crippen MR) is 179 cm³/mol. The van der Waals surface area contributed by atoms with Crippen molar-refractivity contribution < 1.29 is 28.5 Å². The number of amides is 1. The van der Waals surface area contributed by atoms with Crippen LogP contribution in [0.2, 0.25) is 25.7 Å². The number of fused-ring (bicyclic) bond motifs is 1. The van der Waals surface area contributed by atoms with Gasteiger partial charge in [0.25, 0.3) is 0 Å². The van der Waals surface area contributed by atoms with Crippen molar-refractivity contribution in [2.75, 3.05) is 18.6 Å². The van der Waals surface area contributed by atoms with Crippen molar-refractivity contribution in [3.05, 3.63) is 60.3 Å². The molecule has 12 heteroatoms. The van der Waals surface area contributed by atoms with E-state index in [4.69, 9.17) is 23.9 Å². The van der Waals surface area contributed by atoms with E-state index in [2.05, 4.69) is 29.6 Å². The van der Waals surface area contributed by atoms with Gasteiger partial charge in [-0.15, -0.1) is 0 Å². The molecule has 0 atom stereocenters. The maximum absolute atomic E-state index is 13.5. The Morgan fingerprint density at radius 3 is 2.41 bits per heavy atom. The average Bonchev–Trinajstić information content (AvgIpc) is 3.73. The number of anilines is 2. The minimum atomic E-state index is -1.28. The largest absolute Gasteiger partial charge is 0.474 e. The first-order chi connectivity index (χ1) is 21.7. The maximum Gasteiger partial charge on any atom is 0.420 e. The fraction of sp³-hybridized carbons (Fsp3) is 0.441. The quantitative estimate of drug-likeness (QED) is 0.0927. The molecule has 46 heavy (non-hydrogen) atoms. The first kappa shape index (κ1) is 33.1. The number of hydrogen-bond acceptors (Lipinski definition) is 9. The van der Waals surface area contributed by atoms with Gasteiger partial charge >= 0.3 is 12.1 Å². The lowest BCUT2D eigenvalue weighted by atomic mass is 10.0. The Bertz CT molecular complexity index is 1720. The summed E-state index contributed by atoms with van der Waals surface area (Å²) in [7, 11) is 0.0586. The monoisotopic (exact) mass is 645 g/mol. The number of esters is 1. The van der Waals surface area contributed by atoms with Gasteiger partial charge in [0.15, 0.2) is 5.69 Å². The van der Waals surface area contributed by atoms with E-state index >= 15 is 0 Å². The zero-order chi connectivity index (χ0) is 33.2. The number of pyridine rings is 3. The second kappa shape index (κ2) is 13.2. The molecule has 0 N–H and O–H groups in total. The van der Waals surface area contributed by atoms with Crippen molar-refractivity contribution >= 4 is 42.5 Å². The van der Waals surface area contributed by atoms with Gasteiger partial charge < -0.3 is 23.5 Å². The Hall–Kier alpha value is -4.29. The van der Waals surface area contributed by atoms with Gasteiger partial charge in [-0.3, -0.25) is 0 Å². The van der Waals surface area contributed by atoms with Crippen molar-refractivity contribution in [2.24, 2.45) is 0 Å². The summed E-state index contributed by atoms with van der Waals surface area (Å²) in [5.74, 6) is 0.360. The lowest BCUT2D eigenvalue weighted by molar-refractivity contribution is 0.0585. The molecule has 0 aromatic carbocycles. The molecule has 1 aliphatic rings. The van der Waals surface area contributed by atoms with E-state index in [0.29, 0.717) is 29.5 Å². The summed E-state index contributed by atoms with van der Waals surface area (Å²) < 4.78 is 24.6. The van der Waals surface area contributed by atoms with Crippen LogP contribution in [0, 0.1) is 6.92 Å². The highest BCUT2D eigenvalue weighted by Gasteiger charge is 2.28. The normalized spacial score (nSPS) is 13.5. The van der Waals surface area contributed by atoms with Crippen molar-refractivity contribution in [3.8, 4) is 17.0 Å². The number of rotatable bonds is 11. The zero-order valence-electron chi connectivity index (χ0n) is 27.9. The Labute approximate surface area is 270 Å². The molecule has 4 aromatic heterocycles. The Morgan fingerprint density at radius 2 is 1.80 bits per heavy atom. The molecule has 0 spiro atoms. The molecule has 0 unspecified atom stereocenters. The number of hydrogen-bond donors (Lipinski definition) is 0. The van der Waals surface area contributed by atoms with Crippen molar-refractivity contribution in [1.82, 2.24) is 19.5 Å². The van der Waals surface area contributed by atoms with E-state index < -0.39 is 25.7 Å². The van der Waals surface area contributed by atoms with E-state index in [0.717, 1.165) is 41.0 Å². The molecule has 11 nitrogen and oxygen atoms in total. The number of carbonyl (C=O) groups is 2. The minimum Gasteiger partial charge on any atom is -0.474 e. The van der Waals surface area contributed by atoms with Gasteiger partial charge in [0.1, 0.15) is 24.3 Å². The minimum absolute atomic E-state index is 0.208. The molecular weight excluding hydrogens is 602 g/mol. The highest BCUT2D eigenvalue weighted by molar-refractivity contribution is 6.76. The third kappa shape index (κ3) is 7.91. The lowest BCUT2D eigenvalue weighted by Gasteiger charge is -2.27. The van der Waals surface area contributed by atoms with E-state index in [1.54, 1.807) is 30.7 Å². The highest BCUT2D eigenvalue weighted by Crippen LogP contribution is 2.36. The first-order valence-corrected chi connectivity index (χ1v) is 19.2. The van der Waals surface area contributed by atoms with Crippen LogP contribution in [0.3, 0.4) is 0 Å². The van der Waals surface area contributed by atoms with E-state index in [1.165, 1.54) is 12.0 Å². The van der Waals surface area contributed by atoms with Crippen LogP contribution in [0.4, 0.5) is 16.3 Å². The summed E-state index contributed by atoms with van der Waals surface area (Å²) in [5.41, 5.74) is 3.13. The second-order valence-corrected chi connectivity index (χ2v) is 19.4. The lowest BCUT2D eigenvalue weighted by Crippen LogP contribution is -2.34. The first-order valence-electron chi connectivity index (χ1n) is 15.5. The summed E-state index contributed by atoms with van der Waals surface area (Å²) in [6.07, 6.45) is 8.53. The fourth-order valence-corrected chi connectivity index (χ4v) is 5.63. The van der Waals surface area contributed by atoms with Crippen LogP contribution in [0.15, 0.2) is 49.1 Å². The third-order valence-electron chi connectivity index (χ3n) is 7.37. The molecule has 1 fully saturated rings. The second-order valence-electron chi connectivity index (χ2n) is 13.8. The molecule has 0 bridgehead atoms. The van der Waals surface area contributed by atoms with Crippen LogP contribution in [-0.4, -0.2) is 65.1 Å². The van der Waals surface area contributed by atoms with Crippen LogP contribution in [0.5, 0.6) is 5.88 Å². The smallest absolute Gasteiger partial charge is 0.420 e. The van der Waals surface area contributed by atoms with Crippen molar-refractivity contribution in [2.45, 2.75) is 84.7 Å². The molecule has 1 aliphatic carbocycles. The van der Waals surface area contributed by atoms with Gasteiger partial charge in [-0.25, -0.2) is 29.4 Å². The number of ether oxygens (including phenoxy) is 4. The van der Waals surface area contributed by atoms with Crippen LogP contribution in [0.25, 0.3) is 22.0 Å². The van der Waals surface area contributed by atoms with Gasteiger partial charge in [-0.1, -0.05) is 19.6 Å². The summed E-state index contributed by atoms with van der Waals surface area (Å²) >= 11 is 0. The number of methoxy groups -OCH3 is 1. The Kier molecular flexibility index (Phi) is 9.50. The van der Waals surface area contributed by atoms with E-state index in [9.17, 15) is 9.59 Å². The molecule has 1 amide bonds. The van der Waals surface area contributed by atoms with Gasteiger partial charge in [-0.05, 0) is 70.3 Å². The molecule has 4 heterocycles. The van der Waals surface area contributed by atoms with Gasteiger partial charge in [0, 0.05) is 55.9 Å². The summed E-state index contributed by atoms with van der Waals surface area (Å²) in [6.45, 7) is 15.2. The third-order valence-corrected chi connectivity index (χ3v) is 9.08. The molecule has 0 radical (unpaired) electrons. The number of aryl methyl sites for hydroxylation is 1. The number of nitrogens with zero attached hydrogens (tertiary/aromatic N) is 5. The van der Waals surface area contributed by atoms with E-state index in [1.807, 2.05) is 50.6 Å². The van der Waals surface area contributed by atoms with Crippen molar-refractivity contribution in [1.29, 1.82) is 0 Å². The summed E-state index contributed by atoms with van der Waals surface area (Å²) in [4.78, 5) is 41.2. The van der Waals surface area contributed by atoms with E-state index in [-0.39, 0.29) is 18.5 Å². The van der Waals surface area contributed by atoms with Crippen LogP contribution in [0.1, 0.15) is 49.7 Å². The molecule has 5 rings (SSSR count). The van der Waals surface area contributed by atoms with Crippen LogP contribution in [-0.2, 0) is 20.9 Å². The van der Waals surface area contributed by atoms with Gasteiger partial charge in [0.05, 0.1) is 24.5 Å². The van der Waals surface area contributed by atoms with Crippen molar-refractivity contribution in [3.63, 3.8) is 0 Å². The maximum atomic E-state index is 13.5. The number of carbonyl (C=O) groups excluding carboxylic acids is 2. The van der Waals surface area contributed by atoms with Crippen LogP contribution < -0.4 is 9.64 Å². The molecule has 244 valence electrons. The summed E-state index contributed by atoms with van der Waals surface area (Å²) in [6, 6.07) is 8.25.